The zero-order chi connectivity index (χ0) is 12.3. The van der Waals surface area contributed by atoms with Gasteiger partial charge in [-0.15, -0.1) is 0 Å². The minimum Gasteiger partial charge on any atom is -0.399 e. The van der Waals surface area contributed by atoms with E-state index < -0.39 is 21.1 Å². The molecule has 1 aromatic carbocycles. The Balaban J connectivity index is 2.94. The summed E-state index contributed by atoms with van der Waals surface area (Å²) in [6.45, 7) is 3.27. The Morgan fingerprint density at radius 2 is 1.75 bits per heavy atom. The van der Waals surface area contributed by atoms with Crippen LogP contribution in [-0.4, -0.2) is 19.4 Å². The SMILES string of the molecule is CCS(=O)(=O)[C@H](C)[C@H](N)c1ccc(N)cc1. The first-order chi connectivity index (χ1) is 7.38. The molecule has 0 fully saturated rings. The minimum atomic E-state index is -3.11. The van der Waals surface area contributed by atoms with E-state index in [4.69, 9.17) is 11.5 Å². The predicted octanol–water partition coefficient (Wildman–Crippen LogP) is 1.09. The van der Waals surface area contributed by atoms with Crippen LogP contribution in [0.3, 0.4) is 0 Å². The molecule has 0 radical (unpaired) electrons. The molecule has 0 saturated carbocycles. The van der Waals surface area contributed by atoms with E-state index in [1.807, 2.05) is 0 Å². The number of nitrogens with two attached hydrogens (primary N) is 2. The lowest BCUT2D eigenvalue weighted by Crippen LogP contribution is -2.32. The van der Waals surface area contributed by atoms with Crippen molar-refractivity contribution in [3.05, 3.63) is 29.8 Å². The molecule has 0 bridgehead atoms. The van der Waals surface area contributed by atoms with Crippen molar-refractivity contribution < 1.29 is 8.42 Å². The normalized spacial score (nSPS) is 15.7. The molecule has 1 rings (SSSR count). The van der Waals surface area contributed by atoms with E-state index in [1.54, 1.807) is 38.1 Å². The zero-order valence-corrected chi connectivity index (χ0v) is 10.4. The van der Waals surface area contributed by atoms with Crippen molar-refractivity contribution in [3.8, 4) is 0 Å². The van der Waals surface area contributed by atoms with Crippen LogP contribution in [0.5, 0.6) is 0 Å². The van der Waals surface area contributed by atoms with Gasteiger partial charge in [0, 0.05) is 17.5 Å². The van der Waals surface area contributed by atoms with Crippen molar-refractivity contribution in [3.63, 3.8) is 0 Å². The van der Waals surface area contributed by atoms with Gasteiger partial charge in [-0.05, 0) is 24.6 Å². The molecule has 0 spiro atoms. The van der Waals surface area contributed by atoms with Gasteiger partial charge in [0.15, 0.2) is 9.84 Å². The van der Waals surface area contributed by atoms with Crippen molar-refractivity contribution in [2.24, 2.45) is 5.73 Å². The van der Waals surface area contributed by atoms with Gasteiger partial charge in [0.25, 0.3) is 0 Å². The third kappa shape index (κ3) is 2.74. The molecule has 0 unspecified atom stereocenters. The monoisotopic (exact) mass is 242 g/mol. The summed E-state index contributed by atoms with van der Waals surface area (Å²) in [7, 11) is -3.11. The Bertz CT molecular complexity index is 440. The van der Waals surface area contributed by atoms with E-state index >= 15 is 0 Å². The Kier molecular flexibility index (Phi) is 3.93. The van der Waals surface area contributed by atoms with Gasteiger partial charge in [0.05, 0.1) is 5.25 Å². The molecule has 5 heteroatoms. The molecule has 4 nitrogen and oxygen atoms in total. The molecule has 0 aliphatic heterocycles. The van der Waals surface area contributed by atoms with Gasteiger partial charge in [0.1, 0.15) is 0 Å². The van der Waals surface area contributed by atoms with E-state index in [1.165, 1.54) is 0 Å². The molecular weight excluding hydrogens is 224 g/mol. The van der Waals surface area contributed by atoms with Crippen LogP contribution >= 0.6 is 0 Å². The van der Waals surface area contributed by atoms with Crippen LogP contribution in [0, 0.1) is 0 Å². The molecule has 0 saturated heterocycles. The molecule has 0 heterocycles. The van der Waals surface area contributed by atoms with Crippen molar-refractivity contribution >= 4 is 15.5 Å². The fraction of sp³-hybridized carbons (Fsp3) is 0.455. The van der Waals surface area contributed by atoms with E-state index in [-0.39, 0.29) is 5.75 Å². The van der Waals surface area contributed by atoms with Crippen LogP contribution < -0.4 is 11.5 Å². The Morgan fingerprint density at radius 1 is 1.25 bits per heavy atom. The van der Waals surface area contributed by atoms with E-state index in [0.717, 1.165) is 5.56 Å². The third-order valence-electron chi connectivity index (χ3n) is 2.80. The molecule has 0 aliphatic carbocycles. The number of hydrogen-bond acceptors (Lipinski definition) is 4. The molecule has 16 heavy (non-hydrogen) atoms. The second kappa shape index (κ2) is 4.84. The van der Waals surface area contributed by atoms with Crippen LogP contribution in [0.2, 0.25) is 0 Å². The number of sulfone groups is 1. The minimum absolute atomic E-state index is 0.108. The maximum atomic E-state index is 11.7. The van der Waals surface area contributed by atoms with Crippen molar-refractivity contribution in [2.75, 3.05) is 11.5 Å². The summed E-state index contributed by atoms with van der Waals surface area (Å²) in [5, 5.41) is -0.582. The van der Waals surface area contributed by atoms with E-state index in [0.29, 0.717) is 5.69 Å². The van der Waals surface area contributed by atoms with Crippen LogP contribution in [0.1, 0.15) is 25.5 Å². The topological polar surface area (TPSA) is 86.2 Å². The maximum absolute atomic E-state index is 11.7. The Hall–Kier alpha value is -1.07. The fourth-order valence-corrected chi connectivity index (χ4v) is 2.61. The van der Waals surface area contributed by atoms with Gasteiger partial charge < -0.3 is 11.5 Å². The molecule has 90 valence electrons. The molecular formula is C11H18N2O2S. The lowest BCUT2D eigenvalue weighted by atomic mass is 10.1. The molecule has 2 atom stereocenters. The van der Waals surface area contributed by atoms with Crippen molar-refractivity contribution in [1.82, 2.24) is 0 Å². The summed E-state index contributed by atoms with van der Waals surface area (Å²) in [5.41, 5.74) is 12.9. The summed E-state index contributed by atoms with van der Waals surface area (Å²) < 4.78 is 23.4. The zero-order valence-electron chi connectivity index (χ0n) is 9.55. The number of hydrogen-bond donors (Lipinski definition) is 2. The van der Waals surface area contributed by atoms with Crippen LogP contribution in [0.4, 0.5) is 5.69 Å². The quantitative estimate of drug-likeness (QED) is 0.774. The standard InChI is InChI=1S/C11H18N2O2S/c1-3-16(14,15)8(2)11(13)9-4-6-10(12)7-5-9/h4-8,11H,3,12-13H2,1-2H3/t8-,11+/m1/s1. The highest BCUT2D eigenvalue weighted by atomic mass is 32.2. The molecule has 4 N–H and O–H groups in total. The summed E-state index contributed by atoms with van der Waals surface area (Å²) in [5.74, 6) is 0.108. The summed E-state index contributed by atoms with van der Waals surface area (Å²) in [6.07, 6.45) is 0. The van der Waals surface area contributed by atoms with Crippen LogP contribution in [-0.2, 0) is 9.84 Å². The molecule has 0 amide bonds. The van der Waals surface area contributed by atoms with Gasteiger partial charge in [-0.25, -0.2) is 8.42 Å². The molecule has 0 aliphatic rings. The van der Waals surface area contributed by atoms with Gasteiger partial charge in [0.2, 0.25) is 0 Å². The Morgan fingerprint density at radius 3 is 2.19 bits per heavy atom. The summed E-state index contributed by atoms with van der Waals surface area (Å²) in [6, 6.07) is 6.47. The van der Waals surface area contributed by atoms with Gasteiger partial charge in [-0.3, -0.25) is 0 Å². The predicted molar refractivity (Wildman–Crippen MR) is 66.7 cm³/mol. The average molecular weight is 242 g/mol. The fourth-order valence-electron chi connectivity index (χ4n) is 1.48. The average Bonchev–Trinajstić information content (AvgIpc) is 2.28. The van der Waals surface area contributed by atoms with Crippen molar-refractivity contribution in [2.45, 2.75) is 25.1 Å². The molecule has 1 aromatic rings. The second-order valence-corrected chi connectivity index (χ2v) is 6.50. The number of nitrogen functional groups attached to an aromatic ring is 1. The lowest BCUT2D eigenvalue weighted by Gasteiger charge is -2.20. The summed E-state index contributed by atoms with van der Waals surface area (Å²) >= 11 is 0. The number of benzene rings is 1. The highest BCUT2D eigenvalue weighted by Gasteiger charge is 2.26. The van der Waals surface area contributed by atoms with Gasteiger partial charge >= 0.3 is 0 Å². The third-order valence-corrected chi connectivity index (χ3v) is 5.03. The highest BCUT2D eigenvalue weighted by molar-refractivity contribution is 7.92. The first-order valence-corrected chi connectivity index (χ1v) is 6.92. The molecule has 0 aromatic heterocycles. The smallest absolute Gasteiger partial charge is 0.154 e. The van der Waals surface area contributed by atoms with Gasteiger partial charge in [-0.2, -0.15) is 0 Å². The first-order valence-electron chi connectivity index (χ1n) is 5.21. The second-order valence-electron chi connectivity index (χ2n) is 3.85. The number of rotatable bonds is 4. The lowest BCUT2D eigenvalue weighted by molar-refractivity contribution is 0.566. The maximum Gasteiger partial charge on any atom is 0.154 e. The van der Waals surface area contributed by atoms with Crippen molar-refractivity contribution in [1.29, 1.82) is 0 Å². The van der Waals surface area contributed by atoms with E-state index in [2.05, 4.69) is 0 Å². The number of anilines is 1. The first kappa shape index (κ1) is 13.0. The highest BCUT2D eigenvalue weighted by Crippen LogP contribution is 2.21. The van der Waals surface area contributed by atoms with E-state index in [9.17, 15) is 8.42 Å². The van der Waals surface area contributed by atoms with Gasteiger partial charge in [-0.1, -0.05) is 19.1 Å². The van der Waals surface area contributed by atoms with Crippen LogP contribution in [0.15, 0.2) is 24.3 Å². The largest absolute Gasteiger partial charge is 0.399 e. The Labute approximate surface area is 96.6 Å². The summed E-state index contributed by atoms with van der Waals surface area (Å²) in [4.78, 5) is 0. The van der Waals surface area contributed by atoms with Crippen LogP contribution in [0.25, 0.3) is 0 Å².